The van der Waals surface area contributed by atoms with Crippen LogP contribution in [0.4, 0.5) is 0 Å². The van der Waals surface area contributed by atoms with Gasteiger partial charge in [0.25, 0.3) is 0 Å². The number of fused-ring (bicyclic) bond motifs is 1. The van der Waals surface area contributed by atoms with E-state index in [1.165, 1.54) is 5.56 Å². The van der Waals surface area contributed by atoms with Crippen LogP contribution in [0.5, 0.6) is 0 Å². The monoisotopic (exact) mass is 417 g/mol. The van der Waals surface area contributed by atoms with Crippen LogP contribution in [0.1, 0.15) is 56.1 Å². The van der Waals surface area contributed by atoms with Crippen LogP contribution in [0.15, 0.2) is 60.8 Å². The number of carbonyl (C=O) groups is 1. The van der Waals surface area contributed by atoms with Crippen LogP contribution in [0.3, 0.4) is 0 Å². The number of amides is 1. The van der Waals surface area contributed by atoms with Crippen molar-refractivity contribution in [1.82, 2.24) is 15.2 Å². The molecule has 0 aliphatic heterocycles. The molecule has 2 aromatic carbocycles. The maximum Gasteiger partial charge on any atom is 0.227 e. The third-order valence-electron chi connectivity index (χ3n) is 7.39. The van der Waals surface area contributed by atoms with Crippen molar-refractivity contribution in [3.05, 3.63) is 71.9 Å². The van der Waals surface area contributed by atoms with Gasteiger partial charge >= 0.3 is 0 Å². The topological polar surface area (TPSA) is 48.1 Å². The lowest BCUT2D eigenvalue weighted by Crippen LogP contribution is -2.45. The zero-order chi connectivity index (χ0) is 21.8. The van der Waals surface area contributed by atoms with E-state index < -0.39 is 0 Å². The predicted molar refractivity (Wildman–Crippen MR) is 128 cm³/mol. The minimum Gasteiger partial charge on any atom is -0.361 e. The zero-order valence-electron chi connectivity index (χ0n) is 19.0. The molecule has 1 aromatic heterocycles. The number of aromatic amines is 1. The molecule has 1 amide bonds. The van der Waals surface area contributed by atoms with Crippen LogP contribution in [0, 0.1) is 5.92 Å². The Morgan fingerprint density at radius 2 is 1.77 bits per heavy atom. The number of nitrogens with zero attached hydrogens (tertiary/aromatic N) is 1. The van der Waals surface area contributed by atoms with Crippen molar-refractivity contribution in [3.63, 3.8) is 0 Å². The summed E-state index contributed by atoms with van der Waals surface area (Å²) < 4.78 is 0. The first-order valence-electron chi connectivity index (χ1n) is 11.6. The van der Waals surface area contributed by atoms with E-state index in [0.717, 1.165) is 55.1 Å². The largest absolute Gasteiger partial charge is 0.361 e. The molecule has 1 unspecified atom stereocenters. The molecular weight excluding hydrogens is 382 g/mol. The van der Waals surface area contributed by atoms with Gasteiger partial charge in [-0.25, -0.2) is 0 Å². The Morgan fingerprint density at radius 1 is 1.10 bits per heavy atom. The van der Waals surface area contributed by atoms with Crippen molar-refractivity contribution in [2.75, 3.05) is 20.6 Å². The highest BCUT2D eigenvalue weighted by molar-refractivity contribution is 5.92. The molecule has 1 heterocycles. The van der Waals surface area contributed by atoms with Crippen LogP contribution in [0.25, 0.3) is 10.9 Å². The molecule has 31 heavy (non-hydrogen) atoms. The van der Waals surface area contributed by atoms with E-state index in [1.807, 2.05) is 18.3 Å². The molecule has 4 heteroatoms. The van der Waals surface area contributed by atoms with Gasteiger partial charge in [0.2, 0.25) is 5.91 Å². The standard InChI is InChI=1S/C27H35N3O/c1-4-22(24-19-28-25-13-9-8-12-23(24)25)26(31)29-18-20-14-16-27(17-15-20,30(2)3)21-10-6-5-7-11-21/h5-13,19-20,22,28H,4,14-18H2,1-3H3,(H,29,31). The first-order chi connectivity index (χ1) is 15.0. The fourth-order valence-electron chi connectivity index (χ4n) is 5.40. The van der Waals surface area contributed by atoms with Gasteiger partial charge in [0, 0.05) is 29.2 Å². The van der Waals surface area contributed by atoms with Gasteiger partial charge in [-0.05, 0) is 69.3 Å². The summed E-state index contributed by atoms with van der Waals surface area (Å²) in [7, 11) is 4.39. The molecule has 0 spiro atoms. The summed E-state index contributed by atoms with van der Waals surface area (Å²) in [4.78, 5) is 18.8. The molecule has 0 radical (unpaired) electrons. The van der Waals surface area contributed by atoms with Crippen LogP contribution in [-0.2, 0) is 10.3 Å². The SMILES string of the molecule is CCC(C(=O)NCC1CCC(c2ccccc2)(N(C)C)CC1)c1c[nH]c2ccccc12. The fourth-order valence-corrected chi connectivity index (χ4v) is 5.40. The molecule has 4 rings (SSSR count). The van der Waals surface area contributed by atoms with Crippen molar-refractivity contribution in [3.8, 4) is 0 Å². The minimum atomic E-state index is -0.107. The number of nitrogens with one attached hydrogen (secondary N) is 2. The summed E-state index contributed by atoms with van der Waals surface area (Å²) in [6, 6.07) is 19.1. The van der Waals surface area contributed by atoms with Crippen molar-refractivity contribution in [2.24, 2.45) is 5.92 Å². The lowest BCUT2D eigenvalue weighted by molar-refractivity contribution is -0.122. The first-order valence-corrected chi connectivity index (χ1v) is 11.6. The van der Waals surface area contributed by atoms with Gasteiger partial charge in [-0.15, -0.1) is 0 Å². The summed E-state index contributed by atoms with van der Waals surface area (Å²) in [5, 5.41) is 4.44. The van der Waals surface area contributed by atoms with Gasteiger partial charge in [0.05, 0.1) is 5.92 Å². The predicted octanol–water partition coefficient (Wildman–Crippen LogP) is 5.43. The Labute approximate surface area is 186 Å². The molecule has 164 valence electrons. The van der Waals surface area contributed by atoms with Crippen LogP contribution in [-0.4, -0.2) is 36.4 Å². The number of hydrogen-bond acceptors (Lipinski definition) is 2. The first kappa shape index (κ1) is 21.6. The minimum absolute atomic E-state index is 0.107. The van der Waals surface area contributed by atoms with Crippen LogP contribution in [0.2, 0.25) is 0 Å². The third-order valence-corrected chi connectivity index (χ3v) is 7.39. The van der Waals surface area contributed by atoms with E-state index in [0.29, 0.717) is 5.92 Å². The molecule has 3 aromatic rings. The Kier molecular flexibility index (Phi) is 6.47. The molecule has 4 nitrogen and oxygen atoms in total. The smallest absolute Gasteiger partial charge is 0.227 e. The summed E-state index contributed by atoms with van der Waals surface area (Å²) in [6.07, 6.45) is 7.34. The van der Waals surface area contributed by atoms with Crippen molar-refractivity contribution in [2.45, 2.75) is 50.5 Å². The number of hydrogen-bond donors (Lipinski definition) is 2. The van der Waals surface area contributed by atoms with Gasteiger partial charge < -0.3 is 10.3 Å². The van der Waals surface area contributed by atoms with E-state index in [4.69, 9.17) is 0 Å². The van der Waals surface area contributed by atoms with E-state index in [-0.39, 0.29) is 17.4 Å². The highest BCUT2D eigenvalue weighted by Gasteiger charge is 2.38. The molecule has 1 aliphatic carbocycles. The van der Waals surface area contributed by atoms with Gasteiger partial charge in [0.15, 0.2) is 0 Å². The maximum atomic E-state index is 13.1. The van der Waals surface area contributed by atoms with E-state index in [9.17, 15) is 4.79 Å². The molecule has 1 aliphatic rings. The average Bonchev–Trinajstić information content (AvgIpc) is 3.23. The quantitative estimate of drug-likeness (QED) is 0.539. The van der Waals surface area contributed by atoms with Crippen LogP contribution >= 0.6 is 0 Å². The molecule has 1 atom stereocenters. The summed E-state index contributed by atoms with van der Waals surface area (Å²) in [5.41, 5.74) is 3.72. The Balaban J connectivity index is 1.38. The van der Waals surface area contributed by atoms with Crippen molar-refractivity contribution >= 4 is 16.8 Å². The second kappa shape index (κ2) is 9.27. The maximum absolute atomic E-state index is 13.1. The van der Waals surface area contributed by atoms with Crippen LogP contribution < -0.4 is 5.32 Å². The molecule has 0 saturated heterocycles. The molecular formula is C27H35N3O. The third kappa shape index (κ3) is 4.27. The number of carbonyl (C=O) groups excluding carboxylic acids is 1. The lowest BCUT2D eigenvalue weighted by Gasteiger charge is -2.45. The van der Waals surface area contributed by atoms with Gasteiger partial charge in [-0.2, -0.15) is 0 Å². The Bertz CT molecular complexity index is 1000. The molecule has 0 bridgehead atoms. The number of para-hydroxylation sites is 1. The summed E-state index contributed by atoms with van der Waals surface area (Å²) in [6.45, 7) is 2.87. The molecule has 1 fully saturated rings. The highest BCUT2D eigenvalue weighted by atomic mass is 16.1. The van der Waals surface area contributed by atoms with Crippen molar-refractivity contribution in [1.29, 1.82) is 0 Å². The van der Waals surface area contributed by atoms with E-state index >= 15 is 0 Å². The second-order valence-electron chi connectivity index (χ2n) is 9.23. The zero-order valence-corrected chi connectivity index (χ0v) is 19.0. The van der Waals surface area contributed by atoms with Gasteiger partial charge in [0.1, 0.15) is 0 Å². The van der Waals surface area contributed by atoms with E-state index in [2.05, 4.69) is 78.7 Å². The molecule has 2 N–H and O–H groups in total. The number of benzene rings is 2. The second-order valence-corrected chi connectivity index (χ2v) is 9.23. The van der Waals surface area contributed by atoms with Gasteiger partial charge in [-0.3, -0.25) is 9.69 Å². The Hall–Kier alpha value is -2.59. The fraction of sp³-hybridized carbons (Fsp3) is 0.444. The molecule has 1 saturated carbocycles. The van der Waals surface area contributed by atoms with Crippen molar-refractivity contribution < 1.29 is 4.79 Å². The average molecular weight is 418 g/mol. The Morgan fingerprint density at radius 3 is 2.45 bits per heavy atom. The van der Waals surface area contributed by atoms with Gasteiger partial charge in [-0.1, -0.05) is 55.5 Å². The van der Waals surface area contributed by atoms with E-state index in [1.54, 1.807) is 0 Å². The summed E-state index contributed by atoms with van der Waals surface area (Å²) >= 11 is 0. The number of H-pyrrole nitrogens is 1. The highest BCUT2D eigenvalue weighted by Crippen LogP contribution is 2.42. The lowest BCUT2D eigenvalue weighted by atomic mass is 9.72. The summed E-state index contributed by atoms with van der Waals surface area (Å²) in [5.74, 6) is 0.589. The normalized spacial score (nSPS) is 22.5. The number of aromatic nitrogens is 1. The number of rotatable bonds is 7.